The molecule has 0 heterocycles. The number of anilines is 2. The van der Waals surface area contributed by atoms with Gasteiger partial charge in [-0.3, -0.25) is 0 Å². The average molecular weight is 290 g/mol. The molecule has 0 fully saturated rings. The minimum absolute atomic E-state index is 0.918. The molecule has 2 nitrogen and oxygen atoms in total. The van der Waals surface area contributed by atoms with Gasteiger partial charge in [0.1, 0.15) is 0 Å². The van der Waals surface area contributed by atoms with Gasteiger partial charge in [0.05, 0.1) is 0 Å². The summed E-state index contributed by atoms with van der Waals surface area (Å²) in [5.74, 6) is 0. The van der Waals surface area contributed by atoms with Crippen molar-refractivity contribution in [2.24, 2.45) is 0 Å². The van der Waals surface area contributed by atoms with Crippen LogP contribution in [0.1, 0.15) is 81.9 Å². The van der Waals surface area contributed by atoms with E-state index in [1.165, 1.54) is 68.1 Å². The highest BCUT2D eigenvalue weighted by molar-refractivity contribution is 5.68. The van der Waals surface area contributed by atoms with Gasteiger partial charge in [0.15, 0.2) is 0 Å². The molecule has 21 heavy (non-hydrogen) atoms. The molecule has 0 aliphatic heterocycles. The number of nitrogens with two attached hydrogens (primary N) is 2. The van der Waals surface area contributed by atoms with Crippen molar-refractivity contribution >= 4 is 11.4 Å². The summed E-state index contributed by atoms with van der Waals surface area (Å²) >= 11 is 0. The van der Waals surface area contributed by atoms with Crippen LogP contribution < -0.4 is 11.5 Å². The van der Waals surface area contributed by atoms with Gasteiger partial charge in [0, 0.05) is 11.4 Å². The van der Waals surface area contributed by atoms with Crippen LogP contribution in [0.5, 0.6) is 0 Å². The molecule has 0 aliphatic carbocycles. The monoisotopic (exact) mass is 290 g/mol. The molecule has 1 rings (SSSR count). The van der Waals surface area contributed by atoms with Crippen LogP contribution in [0.4, 0.5) is 11.4 Å². The van der Waals surface area contributed by atoms with Gasteiger partial charge in [-0.05, 0) is 49.3 Å². The first-order valence-electron chi connectivity index (χ1n) is 8.78. The molecule has 0 atom stereocenters. The van der Waals surface area contributed by atoms with Gasteiger partial charge >= 0.3 is 0 Å². The van der Waals surface area contributed by atoms with Gasteiger partial charge in [0.2, 0.25) is 0 Å². The lowest BCUT2D eigenvalue weighted by Gasteiger charge is -2.16. The first-order chi connectivity index (χ1) is 10.1. The topological polar surface area (TPSA) is 52.0 Å². The Morgan fingerprint density at radius 2 is 1.33 bits per heavy atom. The van der Waals surface area contributed by atoms with E-state index in [1.807, 2.05) is 0 Å². The molecule has 0 aromatic heterocycles. The summed E-state index contributed by atoms with van der Waals surface area (Å²) in [6.07, 6.45) is 12.3. The SMILES string of the molecule is CCCCCCc1cc(C)c(N)c(CCCCCC)c1N. The minimum Gasteiger partial charge on any atom is -0.398 e. The number of aryl methyl sites for hydroxylation is 2. The first kappa shape index (κ1) is 17.9. The highest BCUT2D eigenvalue weighted by Crippen LogP contribution is 2.30. The van der Waals surface area contributed by atoms with Crippen LogP contribution in [0, 0.1) is 6.92 Å². The number of nitrogen functional groups attached to an aromatic ring is 2. The van der Waals surface area contributed by atoms with E-state index in [9.17, 15) is 0 Å². The number of rotatable bonds is 10. The van der Waals surface area contributed by atoms with Gasteiger partial charge in [-0.1, -0.05) is 58.4 Å². The van der Waals surface area contributed by atoms with E-state index in [-0.39, 0.29) is 0 Å². The Morgan fingerprint density at radius 1 is 0.762 bits per heavy atom. The first-order valence-corrected chi connectivity index (χ1v) is 8.78. The Labute approximate surface area is 131 Å². The number of hydrogen-bond donors (Lipinski definition) is 2. The summed E-state index contributed by atoms with van der Waals surface area (Å²) in [6.45, 7) is 6.60. The van der Waals surface area contributed by atoms with E-state index in [2.05, 4.69) is 26.8 Å². The van der Waals surface area contributed by atoms with Crippen molar-refractivity contribution in [3.63, 3.8) is 0 Å². The molecule has 0 unspecified atom stereocenters. The van der Waals surface area contributed by atoms with Crippen molar-refractivity contribution in [1.29, 1.82) is 0 Å². The van der Waals surface area contributed by atoms with E-state index < -0.39 is 0 Å². The molecule has 0 radical (unpaired) electrons. The summed E-state index contributed by atoms with van der Waals surface area (Å²) in [5, 5.41) is 0. The standard InChI is InChI=1S/C19H34N2/c1-4-6-8-10-12-16-14-15(3)18(20)17(19(16)21)13-11-9-7-5-2/h14H,4-13,20-21H2,1-3H3. The Hall–Kier alpha value is -1.18. The lowest BCUT2D eigenvalue weighted by molar-refractivity contribution is 0.662. The van der Waals surface area contributed by atoms with Crippen molar-refractivity contribution in [2.75, 3.05) is 11.5 Å². The van der Waals surface area contributed by atoms with Crippen LogP contribution in [0.25, 0.3) is 0 Å². The minimum atomic E-state index is 0.918. The second kappa shape index (κ2) is 9.70. The second-order valence-corrected chi connectivity index (χ2v) is 6.28. The van der Waals surface area contributed by atoms with E-state index in [0.29, 0.717) is 0 Å². The van der Waals surface area contributed by atoms with Crippen LogP contribution in [-0.2, 0) is 12.8 Å². The third kappa shape index (κ3) is 5.61. The van der Waals surface area contributed by atoms with Gasteiger partial charge in [-0.25, -0.2) is 0 Å². The van der Waals surface area contributed by atoms with Crippen LogP contribution in [0.3, 0.4) is 0 Å². The molecule has 0 saturated carbocycles. The van der Waals surface area contributed by atoms with E-state index >= 15 is 0 Å². The maximum Gasteiger partial charge on any atom is 0.0400 e. The molecule has 0 saturated heterocycles. The second-order valence-electron chi connectivity index (χ2n) is 6.28. The van der Waals surface area contributed by atoms with Crippen LogP contribution >= 0.6 is 0 Å². The van der Waals surface area contributed by atoms with Crippen molar-refractivity contribution in [1.82, 2.24) is 0 Å². The van der Waals surface area contributed by atoms with E-state index in [0.717, 1.165) is 24.2 Å². The van der Waals surface area contributed by atoms with Gasteiger partial charge in [0.25, 0.3) is 0 Å². The summed E-state index contributed by atoms with van der Waals surface area (Å²) < 4.78 is 0. The van der Waals surface area contributed by atoms with Crippen LogP contribution in [-0.4, -0.2) is 0 Å². The molecule has 1 aromatic rings. The van der Waals surface area contributed by atoms with Crippen LogP contribution in [0.2, 0.25) is 0 Å². The average Bonchev–Trinajstić information content (AvgIpc) is 2.48. The Kier molecular flexibility index (Phi) is 8.26. The van der Waals surface area contributed by atoms with E-state index in [1.54, 1.807) is 0 Å². The molecular weight excluding hydrogens is 256 g/mol. The molecule has 0 aliphatic rings. The highest BCUT2D eigenvalue weighted by Gasteiger charge is 2.11. The molecule has 4 N–H and O–H groups in total. The predicted molar refractivity (Wildman–Crippen MR) is 95.7 cm³/mol. The molecule has 1 aromatic carbocycles. The smallest absolute Gasteiger partial charge is 0.0400 e. The maximum absolute atomic E-state index is 6.40. The van der Waals surface area contributed by atoms with Crippen molar-refractivity contribution in [2.45, 2.75) is 85.0 Å². The quantitative estimate of drug-likeness (QED) is 0.447. The van der Waals surface area contributed by atoms with E-state index in [4.69, 9.17) is 11.5 Å². The Balaban J connectivity index is 2.73. The molecular formula is C19H34N2. The molecule has 0 spiro atoms. The summed E-state index contributed by atoms with van der Waals surface area (Å²) in [4.78, 5) is 0. The Bertz CT molecular complexity index is 424. The zero-order chi connectivity index (χ0) is 15.7. The third-order valence-electron chi connectivity index (χ3n) is 4.39. The third-order valence-corrected chi connectivity index (χ3v) is 4.39. The van der Waals surface area contributed by atoms with Gasteiger partial charge < -0.3 is 11.5 Å². The number of benzene rings is 1. The summed E-state index contributed by atoms with van der Waals surface area (Å²) in [6, 6.07) is 2.20. The van der Waals surface area contributed by atoms with Crippen molar-refractivity contribution in [3.05, 3.63) is 22.8 Å². The lowest BCUT2D eigenvalue weighted by Crippen LogP contribution is -2.07. The summed E-state index contributed by atoms with van der Waals surface area (Å²) in [5.41, 5.74) is 18.3. The number of unbranched alkanes of at least 4 members (excludes halogenated alkanes) is 6. The normalized spacial score (nSPS) is 11.0. The fraction of sp³-hybridized carbons (Fsp3) is 0.684. The molecule has 0 amide bonds. The van der Waals surface area contributed by atoms with Crippen LogP contribution in [0.15, 0.2) is 6.07 Å². The van der Waals surface area contributed by atoms with Crippen molar-refractivity contribution < 1.29 is 0 Å². The fourth-order valence-electron chi connectivity index (χ4n) is 2.94. The lowest BCUT2D eigenvalue weighted by atomic mass is 9.94. The van der Waals surface area contributed by atoms with Crippen molar-refractivity contribution in [3.8, 4) is 0 Å². The Morgan fingerprint density at radius 3 is 1.90 bits per heavy atom. The maximum atomic E-state index is 6.40. The van der Waals surface area contributed by atoms with Gasteiger partial charge in [-0.15, -0.1) is 0 Å². The fourth-order valence-corrected chi connectivity index (χ4v) is 2.94. The zero-order valence-corrected chi connectivity index (χ0v) is 14.3. The molecule has 120 valence electrons. The molecule has 0 bridgehead atoms. The zero-order valence-electron chi connectivity index (χ0n) is 14.3. The van der Waals surface area contributed by atoms with Gasteiger partial charge in [-0.2, -0.15) is 0 Å². The summed E-state index contributed by atoms with van der Waals surface area (Å²) in [7, 11) is 0. The number of hydrogen-bond acceptors (Lipinski definition) is 2. The molecule has 2 heteroatoms. The largest absolute Gasteiger partial charge is 0.398 e. The predicted octanol–water partition coefficient (Wildman–Crippen LogP) is 5.41. The highest BCUT2D eigenvalue weighted by atomic mass is 14.6.